The summed E-state index contributed by atoms with van der Waals surface area (Å²) in [5, 5.41) is 2.87. The molecule has 15 heavy (non-hydrogen) atoms. The molecule has 86 valence electrons. The second kappa shape index (κ2) is 6.71. The zero-order valence-electron chi connectivity index (χ0n) is 8.95. The van der Waals surface area contributed by atoms with E-state index in [1.54, 1.807) is 11.8 Å². The van der Waals surface area contributed by atoms with Crippen LogP contribution in [0.4, 0.5) is 0 Å². The van der Waals surface area contributed by atoms with Crippen molar-refractivity contribution in [1.29, 1.82) is 0 Å². The van der Waals surface area contributed by atoms with E-state index in [2.05, 4.69) is 10.1 Å². The van der Waals surface area contributed by atoms with E-state index < -0.39 is 0 Å². The van der Waals surface area contributed by atoms with Gasteiger partial charge in [-0.3, -0.25) is 9.59 Å². The third-order valence-electron chi connectivity index (χ3n) is 2.17. The van der Waals surface area contributed by atoms with Crippen LogP contribution in [0.15, 0.2) is 0 Å². The normalized spacial score (nSPS) is 14.7. The lowest BCUT2D eigenvalue weighted by atomic mass is 10.4. The molecule has 0 aromatic rings. The summed E-state index contributed by atoms with van der Waals surface area (Å²) in [4.78, 5) is 21.9. The lowest BCUT2D eigenvalue weighted by molar-refractivity contribution is -0.140. The number of hydrogen-bond acceptors (Lipinski definition) is 4. The molecule has 0 aromatic heterocycles. The summed E-state index contributed by atoms with van der Waals surface area (Å²) >= 11 is 1.66. The fraction of sp³-hybridized carbons (Fsp3) is 0.800. The largest absolute Gasteiger partial charge is 0.469 e. The van der Waals surface area contributed by atoms with Crippen molar-refractivity contribution in [1.82, 2.24) is 5.32 Å². The van der Waals surface area contributed by atoms with E-state index in [9.17, 15) is 9.59 Å². The van der Waals surface area contributed by atoms with E-state index >= 15 is 0 Å². The molecular weight excluding hydrogens is 214 g/mol. The van der Waals surface area contributed by atoms with Crippen molar-refractivity contribution in [3.05, 3.63) is 0 Å². The summed E-state index contributed by atoms with van der Waals surface area (Å²) in [6.45, 7) is 0.696. The van der Waals surface area contributed by atoms with Gasteiger partial charge in [-0.15, -0.1) is 0 Å². The van der Waals surface area contributed by atoms with Gasteiger partial charge in [-0.25, -0.2) is 0 Å². The molecule has 1 rings (SSSR count). The van der Waals surface area contributed by atoms with Gasteiger partial charge < -0.3 is 10.1 Å². The predicted octanol–water partition coefficient (Wildman–Crippen LogP) is 0.809. The average molecular weight is 231 g/mol. The Morgan fingerprint density at radius 3 is 2.73 bits per heavy atom. The Hall–Kier alpha value is -0.710. The minimum Gasteiger partial charge on any atom is -0.469 e. The molecule has 0 aromatic carbocycles. The fourth-order valence-electron chi connectivity index (χ4n) is 1.10. The molecule has 1 amide bonds. The summed E-state index contributed by atoms with van der Waals surface area (Å²) < 4.78 is 4.51. The first kappa shape index (κ1) is 12.4. The third-order valence-corrected chi connectivity index (χ3v) is 3.16. The topological polar surface area (TPSA) is 55.4 Å². The molecule has 0 aliphatic heterocycles. The van der Waals surface area contributed by atoms with Gasteiger partial charge in [0, 0.05) is 24.0 Å². The first-order valence-corrected chi connectivity index (χ1v) is 6.31. The second-order valence-corrected chi connectivity index (χ2v) is 4.73. The van der Waals surface area contributed by atoms with Crippen LogP contribution in [-0.2, 0) is 14.3 Å². The summed E-state index contributed by atoms with van der Waals surface area (Å²) in [6.07, 6.45) is 2.53. The smallest absolute Gasteiger partial charge is 0.306 e. The molecule has 1 N–H and O–H groups in total. The van der Waals surface area contributed by atoms with Crippen molar-refractivity contribution in [2.45, 2.75) is 19.3 Å². The van der Waals surface area contributed by atoms with Crippen molar-refractivity contribution in [3.8, 4) is 0 Å². The number of thioether (sulfide) groups is 1. The first-order valence-electron chi connectivity index (χ1n) is 5.16. The number of carbonyl (C=O) groups excluding carboxylic acids is 2. The predicted molar refractivity (Wildman–Crippen MR) is 59.7 cm³/mol. The molecule has 0 saturated heterocycles. The molecule has 0 heterocycles. The van der Waals surface area contributed by atoms with Crippen molar-refractivity contribution in [2.24, 2.45) is 5.92 Å². The molecule has 1 aliphatic rings. The number of rotatable bonds is 7. The number of nitrogens with one attached hydrogen (secondary N) is 1. The lowest BCUT2D eigenvalue weighted by Gasteiger charge is -2.03. The highest BCUT2D eigenvalue weighted by Gasteiger charge is 2.28. The van der Waals surface area contributed by atoms with Crippen LogP contribution in [0.25, 0.3) is 0 Å². The monoisotopic (exact) mass is 231 g/mol. The number of amides is 1. The Balaban J connectivity index is 1.84. The van der Waals surface area contributed by atoms with Crippen molar-refractivity contribution >= 4 is 23.6 Å². The third kappa shape index (κ3) is 5.67. The van der Waals surface area contributed by atoms with Gasteiger partial charge >= 0.3 is 5.97 Å². The van der Waals surface area contributed by atoms with Crippen LogP contribution in [0.1, 0.15) is 19.3 Å². The maximum atomic E-state index is 11.2. The van der Waals surface area contributed by atoms with E-state index in [0.29, 0.717) is 13.0 Å². The summed E-state index contributed by atoms with van der Waals surface area (Å²) in [6, 6.07) is 0. The Labute approximate surface area is 94.1 Å². The van der Waals surface area contributed by atoms with Crippen LogP contribution >= 0.6 is 11.8 Å². The quantitative estimate of drug-likeness (QED) is 0.520. The number of methoxy groups -OCH3 is 1. The highest BCUT2D eigenvalue weighted by atomic mass is 32.2. The average Bonchev–Trinajstić information content (AvgIpc) is 3.05. The fourth-order valence-corrected chi connectivity index (χ4v) is 1.86. The van der Waals surface area contributed by atoms with Crippen LogP contribution in [-0.4, -0.2) is 37.0 Å². The van der Waals surface area contributed by atoms with Gasteiger partial charge in [0.05, 0.1) is 13.5 Å². The van der Waals surface area contributed by atoms with Gasteiger partial charge in [0.1, 0.15) is 0 Å². The molecule has 0 atom stereocenters. The summed E-state index contributed by atoms with van der Waals surface area (Å²) in [5.41, 5.74) is 0. The molecule has 4 nitrogen and oxygen atoms in total. The minimum absolute atomic E-state index is 0.176. The van der Waals surface area contributed by atoms with E-state index in [1.165, 1.54) is 7.11 Å². The van der Waals surface area contributed by atoms with Crippen LogP contribution in [0, 0.1) is 5.92 Å². The van der Waals surface area contributed by atoms with Crippen LogP contribution in [0.5, 0.6) is 0 Å². The Bertz CT molecular complexity index is 229. The number of esters is 1. The molecule has 0 spiro atoms. The molecular formula is C10H17NO3S. The second-order valence-electron chi connectivity index (χ2n) is 3.50. The zero-order chi connectivity index (χ0) is 11.1. The van der Waals surface area contributed by atoms with Crippen molar-refractivity contribution in [3.63, 3.8) is 0 Å². The van der Waals surface area contributed by atoms with Gasteiger partial charge in [-0.2, -0.15) is 11.8 Å². The molecule has 1 saturated carbocycles. The molecule has 1 aliphatic carbocycles. The van der Waals surface area contributed by atoms with E-state index in [-0.39, 0.29) is 17.8 Å². The SMILES string of the molecule is COC(=O)CCSCCNC(=O)C1CC1. The maximum absolute atomic E-state index is 11.2. The number of carbonyl (C=O) groups is 2. The van der Waals surface area contributed by atoms with Crippen molar-refractivity contribution in [2.75, 3.05) is 25.2 Å². The Kier molecular flexibility index (Phi) is 5.53. The van der Waals surface area contributed by atoms with E-state index in [1.807, 2.05) is 0 Å². The number of ether oxygens (including phenoxy) is 1. The molecule has 0 bridgehead atoms. The molecule has 5 heteroatoms. The van der Waals surface area contributed by atoms with Gasteiger partial charge in [-0.1, -0.05) is 0 Å². The van der Waals surface area contributed by atoms with Crippen LogP contribution in [0.3, 0.4) is 0 Å². The summed E-state index contributed by atoms with van der Waals surface area (Å²) in [7, 11) is 1.39. The standard InChI is InChI=1S/C10H17NO3S/c1-14-9(12)4-6-15-7-5-11-10(13)8-2-3-8/h8H,2-7H2,1H3,(H,11,13). The Morgan fingerprint density at radius 2 is 2.13 bits per heavy atom. The summed E-state index contributed by atoms with van der Waals surface area (Å²) in [5.74, 6) is 1.90. The van der Waals surface area contributed by atoms with Crippen molar-refractivity contribution < 1.29 is 14.3 Å². The molecule has 0 radical (unpaired) electrons. The van der Waals surface area contributed by atoms with Gasteiger partial charge in [0.2, 0.25) is 5.91 Å². The lowest BCUT2D eigenvalue weighted by Crippen LogP contribution is -2.27. The zero-order valence-corrected chi connectivity index (χ0v) is 9.77. The van der Waals surface area contributed by atoms with Crippen LogP contribution < -0.4 is 5.32 Å². The number of hydrogen-bond donors (Lipinski definition) is 1. The molecule has 0 unspecified atom stereocenters. The highest BCUT2D eigenvalue weighted by molar-refractivity contribution is 7.99. The minimum atomic E-state index is -0.176. The molecule has 1 fully saturated rings. The van der Waals surface area contributed by atoms with Gasteiger partial charge in [0.25, 0.3) is 0 Å². The first-order chi connectivity index (χ1) is 7.24. The van der Waals surface area contributed by atoms with Gasteiger partial charge in [0.15, 0.2) is 0 Å². The maximum Gasteiger partial charge on any atom is 0.306 e. The highest BCUT2D eigenvalue weighted by Crippen LogP contribution is 2.28. The van der Waals surface area contributed by atoms with E-state index in [0.717, 1.165) is 24.3 Å². The van der Waals surface area contributed by atoms with Crippen LogP contribution in [0.2, 0.25) is 0 Å². The van der Waals surface area contributed by atoms with E-state index in [4.69, 9.17) is 0 Å². The van der Waals surface area contributed by atoms with Gasteiger partial charge in [-0.05, 0) is 12.8 Å². The Morgan fingerprint density at radius 1 is 1.40 bits per heavy atom.